The number of aryl methyl sites for hydroxylation is 1. The van der Waals surface area contributed by atoms with Crippen molar-refractivity contribution in [1.29, 1.82) is 5.26 Å². The summed E-state index contributed by atoms with van der Waals surface area (Å²) in [5, 5.41) is 8.31. The molecule has 62 valence electrons. The first-order valence-electron chi connectivity index (χ1n) is 3.50. The maximum atomic E-state index is 8.31. The summed E-state index contributed by atoms with van der Waals surface area (Å²) in [5.74, 6) is 0.795. The van der Waals surface area contributed by atoms with E-state index < -0.39 is 0 Å². The number of nitrogens with zero attached hydrogens (tertiary/aromatic N) is 1. The minimum atomic E-state index is 0.112. The van der Waals surface area contributed by atoms with Crippen molar-refractivity contribution in [2.24, 2.45) is 0 Å². The van der Waals surface area contributed by atoms with Gasteiger partial charge in [-0.05, 0) is 47.2 Å². The number of rotatable bonds is 2. The van der Waals surface area contributed by atoms with Gasteiger partial charge in [0.2, 0.25) is 0 Å². The van der Waals surface area contributed by atoms with E-state index >= 15 is 0 Å². The predicted octanol–water partition coefficient (Wildman–Crippen LogP) is 2.50. The Morgan fingerprint density at radius 3 is 3.00 bits per heavy atom. The zero-order valence-corrected chi connectivity index (χ0v) is 8.83. The Bertz CT molecular complexity index is 317. The number of halogens is 1. The Morgan fingerprint density at radius 2 is 2.33 bits per heavy atom. The number of benzene rings is 1. The van der Waals surface area contributed by atoms with E-state index in [2.05, 4.69) is 22.6 Å². The van der Waals surface area contributed by atoms with E-state index in [4.69, 9.17) is 10.00 Å². The highest BCUT2D eigenvalue weighted by Gasteiger charge is 1.98. The van der Waals surface area contributed by atoms with E-state index in [1.807, 2.05) is 31.2 Å². The average molecular weight is 273 g/mol. The quantitative estimate of drug-likeness (QED) is 0.775. The SMILES string of the molecule is Cc1ccc(I)cc1OCC#N. The highest BCUT2D eigenvalue weighted by atomic mass is 127. The van der Waals surface area contributed by atoms with E-state index in [0.29, 0.717) is 0 Å². The van der Waals surface area contributed by atoms with Crippen LogP contribution in [-0.4, -0.2) is 6.61 Å². The Kier molecular flexibility index (Phi) is 3.35. The summed E-state index contributed by atoms with van der Waals surface area (Å²) in [7, 11) is 0. The Balaban J connectivity index is 2.84. The van der Waals surface area contributed by atoms with Crippen LogP contribution in [0.5, 0.6) is 5.75 Å². The van der Waals surface area contributed by atoms with Crippen LogP contribution < -0.4 is 4.74 Å². The van der Waals surface area contributed by atoms with Gasteiger partial charge >= 0.3 is 0 Å². The van der Waals surface area contributed by atoms with E-state index in [0.717, 1.165) is 14.9 Å². The van der Waals surface area contributed by atoms with Crippen LogP contribution in [0.1, 0.15) is 5.56 Å². The molecule has 0 saturated heterocycles. The van der Waals surface area contributed by atoms with Crippen LogP contribution in [0.4, 0.5) is 0 Å². The monoisotopic (exact) mass is 273 g/mol. The zero-order valence-electron chi connectivity index (χ0n) is 6.67. The lowest BCUT2D eigenvalue weighted by molar-refractivity contribution is 0.365. The third kappa shape index (κ3) is 2.38. The van der Waals surface area contributed by atoms with E-state index in [9.17, 15) is 0 Å². The molecule has 12 heavy (non-hydrogen) atoms. The molecule has 0 unspecified atom stereocenters. The van der Waals surface area contributed by atoms with Gasteiger partial charge in [-0.2, -0.15) is 5.26 Å². The molecule has 1 aromatic carbocycles. The number of hydrogen-bond donors (Lipinski definition) is 0. The van der Waals surface area contributed by atoms with Gasteiger partial charge in [0.15, 0.2) is 6.61 Å². The van der Waals surface area contributed by atoms with E-state index in [-0.39, 0.29) is 6.61 Å². The second kappa shape index (κ2) is 4.31. The molecule has 0 aromatic heterocycles. The molecule has 2 nitrogen and oxygen atoms in total. The summed E-state index contributed by atoms with van der Waals surface area (Å²) in [6.07, 6.45) is 0. The molecule has 0 amide bonds. The summed E-state index contributed by atoms with van der Waals surface area (Å²) >= 11 is 2.21. The molecule has 0 N–H and O–H groups in total. The molecular weight excluding hydrogens is 265 g/mol. The molecule has 0 fully saturated rings. The van der Waals surface area contributed by atoms with Crippen molar-refractivity contribution in [2.45, 2.75) is 6.92 Å². The summed E-state index contributed by atoms with van der Waals surface area (Å²) in [6, 6.07) is 7.85. The molecule has 1 aromatic rings. The topological polar surface area (TPSA) is 33.0 Å². The fourth-order valence-corrected chi connectivity index (χ4v) is 1.30. The Hall–Kier alpha value is -0.760. The van der Waals surface area contributed by atoms with Crippen molar-refractivity contribution < 1.29 is 4.74 Å². The van der Waals surface area contributed by atoms with Crippen molar-refractivity contribution in [3.8, 4) is 11.8 Å². The van der Waals surface area contributed by atoms with Crippen LogP contribution in [0.25, 0.3) is 0 Å². The van der Waals surface area contributed by atoms with E-state index in [1.165, 1.54) is 0 Å². The fourth-order valence-electron chi connectivity index (χ4n) is 0.839. The second-order valence-electron chi connectivity index (χ2n) is 2.36. The van der Waals surface area contributed by atoms with Gasteiger partial charge in [0, 0.05) is 3.57 Å². The third-order valence-corrected chi connectivity index (χ3v) is 2.11. The maximum absolute atomic E-state index is 8.31. The first kappa shape index (κ1) is 9.33. The van der Waals surface area contributed by atoms with Crippen molar-refractivity contribution >= 4 is 22.6 Å². The van der Waals surface area contributed by atoms with Gasteiger partial charge in [0.1, 0.15) is 11.8 Å². The van der Waals surface area contributed by atoms with Gasteiger partial charge in [-0.1, -0.05) is 6.07 Å². The molecule has 1 rings (SSSR count). The van der Waals surface area contributed by atoms with Crippen LogP contribution in [-0.2, 0) is 0 Å². The van der Waals surface area contributed by atoms with E-state index in [1.54, 1.807) is 0 Å². The van der Waals surface area contributed by atoms with Crippen molar-refractivity contribution in [2.75, 3.05) is 6.61 Å². The van der Waals surface area contributed by atoms with Crippen molar-refractivity contribution in [3.63, 3.8) is 0 Å². The van der Waals surface area contributed by atoms with Crippen LogP contribution in [0.3, 0.4) is 0 Å². The molecule has 0 atom stereocenters. The highest BCUT2D eigenvalue weighted by Crippen LogP contribution is 2.20. The smallest absolute Gasteiger partial charge is 0.174 e. The minimum absolute atomic E-state index is 0.112. The van der Waals surface area contributed by atoms with Gasteiger partial charge in [-0.15, -0.1) is 0 Å². The maximum Gasteiger partial charge on any atom is 0.174 e. The number of hydrogen-bond acceptors (Lipinski definition) is 2. The molecule has 0 heterocycles. The zero-order chi connectivity index (χ0) is 8.97. The largest absolute Gasteiger partial charge is 0.478 e. The Morgan fingerprint density at radius 1 is 1.58 bits per heavy atom. The molecule has 0 saturated carbocycles. The lowest BCUT2D eigenvalue weighted by atomic mass is 10.2. The van der Waals surface area contributed by atoms with Gasteiger partial charge in [-0.3, -0.25) is 0 Å². The normalized spacial score (nSPS) is 9.08. The lowest BCUT2D eigenvalue weighted by Gasteiger charge is -2.05. The summed E-state index contributed by atoms with van der Waals surface area (Å²) in [4.78, 5) is 0. The number of nitriles is 1. The summed E-state index contributed by atoms with van der Waals surface area (Å²) in [5.41, 5.74) is 1.06. The summed E-state index contributed by atoms with van der Waals surface area (Å²) in [6.45, 7) is 2.07. The first-order chi connectivity index (χ1) is 5.74. The van der Waals surface area contributed by atoms with Crippen LogP contribution >= 0.6 is 22.6 Å². The van der Waals surface area contributed by atoms with Crippen molar-refractivity contribution in [1.82, 2.24) is 0 Å². The molecule has 3 heteroatoms. The van der Waals surface area contributed by atoms with Crippen molar-refractivity contribution in [3.05, 3.63) is 27.3 Å². The van der Waals surface area contributed by atoms with Crippen LogP contribution in [0.15, 0.2) is 18.2 Å². The molecule has 0 spiro atoms. The molecule has 0 radical (unpaired) electrons. The standard InChI is InChI=1S/C9H8INO/c1-7-2-3-8(10)6-9(7)12-5-4-11/h2-3,6H,5H2,1H3. The number of ether oxygens (including phenoxy) is 1. The molecule has 0 aliphatic rings. The highest BCUT2D eigenvalue weighted by molar-refractivity contribution is 14.1. The summed E-state index contributed by atoms with van der Waals surface area (Å²) < 4.78 is 6.32. The van der Waals surface area contributed by atoms with Crippen LogP contribution in [0, 0.1) is 21.8 Å². The average Bonchev–Trinajstić information content (AvgIpc) is 2.07. The third-order valence-electron chi connectivity index (χ3n) is 1.44. The Labute approximate surface area is 85.3 Å². The molecule has 0 aliphatic heterocycles. The first-order valence-corrected chi connectivity index (χ1v) is 4.58. The van der Waals surface area contributed by atoms with Crippen LogP contribution in [0.2, 0.25) is 0 Å². The molecule has 0 bridgehead atoms. The van der Waals surface area contributed by atoms with Gasteiger partial charge in [0.05, 0.1) is 0 Å². The fraction of sp³-hybridized carbons (Fsp3) is 0.222. The molecule has 0 aliphatic carbocycles. The lowest BCUT2D eigenvalue weighted by Crippen LogP contribution is -1.95. The van der Waals surface area contributed by atoms with Gasteiger partial charge in [0.25, 0.3) is 0 Å². The van der Waals surface area contributed by atoms with Gasteiger partial charge < -0.3 is 4.74 Å². The minimum Gasteiger partial charge on any atom is -0.478 e. The predicted molar refractivity (Wildman–Crippen MR) is 55.0 cm³/mol. The molecular formula is C9H8INO. The second-order valence-corrected chi connectivity index (χ2v) is 3.60. The van der Waals surface area contributed by atoms with Gasteiger partial charge in [-0.25, -0.2) is 0 Å².